The number of aryl methyl sites for hydroxylation is 1. The topological polar surface area (TPSA) is 28.4 Å². The molecule has 0 radical (unpaired) electrons. The maximum Gasteiger partial charge on any atom is 0.120 e. The number of hydrogen-bond acceptors (Lipinski definition) is 3. The maximum absolute atomic E-state index is 5.58. The SMILES string of the molecule is CCN(CC)CCNC(C)c1ccc(C)o1. The highest BCUT2D eigenvalue weighted by Crippen LogP contribution is 2.14. The summed E-state index contributed by atoms with van der Waals surface area (Å²) in [4.78, 5) is 2.41. The monoisotopic (exact) mass is 224 g/mol. The van der Waals surface area contributed by atoms with Crippen molar-refractivity contribution in [1.82, 2.24) is 10.2 Å². The molecular formula is C13H24N2O. The molecule has 1 unspecified atom stereocenters. The van der Waals surface area contributed by atoms with E-state index in [1.807, 2.05) is 19.1 Å². The van der Waals surface area contributed by atoms with Crippen molar-refractivity contribution in [3.63, 3.8) is 0 Å². The molecular weight excluding hydrogens is 200 g/mol. The van der Waals surface area contributed by atoms with Crippen LogP contribution in [0.4, 0.5) is 0 Å². The van der Waals surface area contributed by atoms with Gasteiger partial charge in [-0.05, 0) is 39.1 Å². The molecule has 0 aliphatic heterocycles. The average Bonchev–Trinajstić information content (AvgIpc) is 2.71. The highest BCUT2D eigenvalue weighted by molar-refractivity contribution is 5.08. The van der Waals surface area contributed by atoms with Crippen molar-refractivity contribution in [2.24, 2.45) is 0 Å². The molecule has 3 heteroatoms. The molecule has 0 aromatic carbocycles. The van der Waals surface area contributed by atoms with Crippen molar-refractivity contribution < 1.29 is 4.42 Å². The molecule has 0 aliphatic carbocycles. The van der Waals surface area contributed by atoms with Gasteiger partial charge in [-0.3, -0.25) is 0 Å². The van der Waals surface area contributed by atoms with E-state index < -0.39 is 0 Å². The van der Waals surface area contributed by atoms with E-state index in [0.29, 0.717) is 6.04 Å². The molecule has 3 nitrogen and oxygen atoms in total. The molecule has 1 rings (SSSR count). The van der Waals surface area contributed by atoms with Crippen molar-refractivity contribution in [2.45, 2.75) is 33.7 Å². The van der Waals surface area contributed by atoms with E-state index in [0.717, 1.165) is 37.7 Å². The molecule has 0 amide bonds. The van der Waals surface area contributed by atoms with Gasteiger partial charge < -0.3 is 14.6 Å². The Bertz CT molecular complexity index is 292. The molecule has 1 atom stereocenters. The van der Waals surface area contributed by atoms with Crippen LogP contribution in [0.15, 0.2) is 16.5 Å². The van der Waals surface area contributed by atoms with Crippen LogP contribution >= 0.6 is 0 Å². The van der Waals surface area contributed by atoms with E-state index in [9.17, 15) is 0 Å². The molecule has 0 saturated heterocycles. The Morgan fingerprint density at radius 1 is 1.31 bits per heavy atom. The fourth-order valence-corrected chi connectivity index (χ4v) is 1.77. The third-order valence-corrected chi connectivity index (χ3v) is 2.96. The molecule has 92 valence electrons. The minimum atomic E-state index is 0.296. The Balaban J connectivity index is 2.27. The van der Waals surface area contributed by atoms with Crippen LogP contribution in [-0.4, -0.2) is 31.1 Å². The van der Waals surface area contributed by atoms with Crippen LogP contribution in [0.25, 0.3) is 0 Å². The lowest BCUT2D eigenvalue weighted by atomic mass is 10.2. The highest BCUT2D eigenvalue weighted by Gasteiger charge is 2.08. The second-order valence-corrected chi connectivity index (χ2v) is 4.15. The van der Waals surface area contributed by atoms with Crippen LogP contribution in [0.3, 0.4) is 0 Å². The lowest BCUT2D eigenvalue weighted by molar-refractivity contribution is 0.293. The van der Waals surface area contributed by atoms with Gasteiger partial charge in [0.15, 0.2) is 0 Å². The number of hydrogen-bond donors (Lipinski definition) is 1. The van der Waals surface area contributed by atoms with Crippen molar-refractivity contribution in [3.05, 3.63) is 23.7 Å². The normalized spacial score (nSPS) is 13.3. The zero-order valence-corrected chi connectivity index (χ0v) is 10.9. The van der Waals surface area contributed by atoms with Gasteiger partial charge in [-0.25, -0.2) is 0 Å². The fourth-order valence-electron chi connectivity index (χ4n) is 1.77. The van der Waals surface area contributed by atoms with E-state index in [4.69, 9.17) is 4.42 Å². The van der Waals surface area contributed by atoms with Gasteiger partial charge in [-0.2, -0.15) is 0 Å². The predicted octanol–water partition coefficient (Wildman–Crippen LogP) is 2.58. The molecule has 1 aromatic heterocycles. The van der Waals surface area contributed by atoms with Gasteiger partial charge in [0.25, 0.3) is 0 Å². The lowest BCUT2D eigenvalue weighted by Crippen LogP contribution is -2.32. The first-order chi connectivity index (χ1) is 7.67. The quantitative estimate of drug-likeness (QED) is 0.771. The van der Waals surface area contributed by atoms with Crippen molar-refractivity contribution in [3.8, 4) is 0 Å². The Hall–Kier alpha value is -0.800. The highest BCUT2D eigenvalue weighted by atomic mass is 16.3. The Morgan fingerprint density at radius 2 is 2.00 bits per heavy atom. The third-order valence-electron chi connectivity index (χ3n) is 2.96. The van der Waals surface area contributed by atoms with Crippen molar-refractivity contribution in [1.29, 1.82) is 0 Å². The summed E-state index contributed by atoms with van der Waals surface area (Å²) < 4.78 is 5.58. The first kappa shape index (κ1) is 13.3. The van der Waals surface area contributed by atoms with Crippen LogP contribution in [-0.2, 0) is 0 Å². The zero-order valence-electron chi connectivity index (χ0n) is 10.9. The standard InChI is InChI=1S/C13H24N2O/c1-5-15(6-2)10-9-14-12(4)13-8-7-11(3)16-13/h7-8,12,14H,5-6,9-10H2,1-4H3. The maximum atomic E-state index is 5.58. The number of likely N-dealkylation sites (N-methyl/N-ethyl adjacent to an activating group) is 1. The number of rotatable bonds is 7. The van der Waals surface area contributed by atoms with Crippen LogP contribution < -0.4 is 5.32 Å². The Morgan fingerprint density at radius 3 is 2.50 bits per heavy atom. The van der Waals surface area contributed by atoms with E-state index >= 15 is 0 Å². The first-order valence-corrected chi connectivity index (χ1v) is 6.19. The molecule has 0 bridgehead atoms. The Kier molecular flexibility index (Phi) is 5.56. The molecule has 1 N–H and O–H groups in total. The van der Waals surface area contributed by atoms with E-state index in [2.05, 4.69) is 31.0 Å². The molecule has 16 heavy (non-hydrogen) atoms. The van der Waals surface area contributed by atoms with E-state index in [1.54, 1.807) is 0 Å². The largest absolute Gasteiger partial charge is 0.465 e. The summed E-state index contributed by atoms with van der Waals surface area (Å²) in [6.07, 6.45) is 0. The summed E-state index contributed by atoms with van der Waals surface area (Å²) >= 11 is 0. The predicted molar refractivity (Wildman–Crippen MR) is 67.7 cm³/mol. The van der Waals surface area contributed by atoms with Crippen LogP contribution in [0.1, 0.15) is 38.3 Å². The Labute approximate surface area is 98.8 Å². The van der Waals surface area contributed by atoms with Crippen LogP contribution in [0, 0.1) is 6.92 Å². The molecule has 0 aliphatic rings. The van der Waals surface area contributed by atoms with Gasteiger partial charge in [0.05, 0.1) is 6.04 Å². The molecule has 0 spiro atoms. The summed E-state index contributed by atoms with van der Waals surface area (Å²) in [5, 5.41) is 3.48. The van der Waals surface area contributed by atoms with Gasteiger partial charge in [-0.15, -0.1) is 0 Å². The minimum Gasteiger partial charge on any atom is -0.465 e. The minimum absolute atomic E-state index is 0.296. The van der Waals surface area contributed by atoms with Crippen LogP contribution in [0.2, 0.25) is 0 Å². The summed E-state index contributed by atoms with van der Waals surface area (Å²) in [5.74, 6) is 2.00. The zero-order chi connectivity index (χ0) is 12.0. The average molecular weight is 224 g/mol. The van der Waals surface area contributed by atoms with E-state index in [-0.39, 0.29) is 0 Å². The second kappa shape index (κ2) is 6.71. The van der Waals surface area contributed by atoms with Gasteiger partial charge in [0, 0.05) is 13.1 Å². The van der Waals surface area contributed by atoms with Gasteiger partial charge in [0.2, 0.25) is 0 Å². The number of nitrogens with one attached hydrogen (secondary N) is 1. The second-order valence-electron chi connectivity index (χ2n) is 4.15. The van der Waals surface area contributed by atoms with Gasteiger partial charge in [0.1, 0.15) is 11.5 Å². The summed E-state index contributed by atoms with van der Waals surface area (Å²) in [6.45, 7) is 12.8. The lowest BCUT2D eigenvalue weighted by Gasteiger charge is -2.19. The fraction of sp³-hybridized carbons (Fsp3) is 0.692. The number of nitrogens with zero attached hydrogens (tertiary/aromatic N) is 1. The summed E-state index contributed by atoms with van der Waals surface area (Å²) in [6, 6.07) is 4.35. The summed E-state index contributed by atoms with van der Waals surface area (Å²) in [5.41, 5.74) is 0. The smallest absolute Gasteiger partial charge is 0.120 e. The van der Waals surface area contributed by atoms with Gasteiger partial charge in [-0.1, -0.05) is 13.8 Å². The van der Waals surface area contributed by atoms with E-state index in [1.165, 1.54) is 0 Å². The summed E-state index contributed by atoms with van der Waals surface area (Å²) in [7, 11) is 0. The third kappa shape index (κ3) is 3.99. The van der Waals surface area contributed by atoms with Gasteiger partial charge >= 0.3 is 0 Å². The van der Waals surface area contributed by atoms with Crippen molar-refractivity contribution >= 4 is 0 Å². The molecule has 1 heterocycles. The molecule has 0 fully saturated rings. The number of furan rings is 1. The van der Waals surface area contributed by atoms with Crippen LogP contribution in [0.5, 0.6) is 0 Å². The molecule has 0 saturated carbocycles. The first-order valence-electron chi connectivity index (χ1n) is 6.19. The molecule has 1 aromatic rings. The van der Waals surface area contributed by atoms with Crippen molar-refractivity contribution in [2.75, 3.05) is 26.2 Å².